The van der Waals surface area contributed by atoms with Gasteiger partial charge in [-0.2, -0.15) is 0 Å². The van der Waals surface area contributed by atoms with Crippen LogP contribution in [0.25, 0.3) is 0 Å². The van der Waals surface area contributed by atoms with E-state index in [0.29, 0.717) is 12.1 Å². The Morgan fingerprint density at radius 3 is 2.16 bits per heavy atom. The number of ether oxygens (including phenoxy) is 1. The van der Waals surface area contributed by atoms with Gasteiger partial charge in [-0.05, 0) is 94.9 Å². The summed E-state index contributed by atoms with van der Waals surface area (Å²) in [7, 11) is 0. The molecule has 5 heteroatoms. The number of hydrogen-bond donors (Lipinski definition) is 2. The molecule has 2 unspecified atom stereocenters. The van der Waals surface area contributed by atoms with Gasteiger partial charge in [0.2, 0.25) is 5.91 Å². The topological polar surface area (TPSA) is 81.4 Å². The number of allylic oxidation sites excluding steroid dienone is 1. The first-order valence-corrected chi connectivity index (χ1v) is 12.4. The summed E-state index contributed by atoms with van der Waals surface area (Å²) < 4.78 is 6.02. The van der Waals surface area contributed by atoms with Crippen LogP contribution in [0.15, 0.2) is 36.9 Å². The Labute approximate surface area is 194 Å². The van der Waals surface area contributed by atoms with E-state index < -0.39 is 0 Å². The Bertz CT molecular complexity index is 706. The summed E-state index contributed by atoms with van der Waals surface area (Å²) in [6.07, 6.45) is 15.0. The molecule has 2 atom stereocenters. The van der Waals surface area contributed by atoms with E-state index in [1.54, 1.807) is 6.08 Å². The smallest absolute Gasteiger partial charge is 0.251 e. The molecule has 0 spiro atoms. The molecule has 5 nitrogen and oxygen atoms in total. The maximum absolute atomic E-state index is 12.3. The number of nitrogens with one attached hydrogen (secondary N) is 1. The highest BCUT2D eigenvalue weighted by molar-refractivity contribution is 5.94. The summed E-state index contributed by atoms with van der Waals surface area (Å²) in [4.78, 5) is 22.3. The maximum atomic E-state index is 12.3. The molecule has 2 amide bonds. The van der Waals surface area contributed by atoms with Crippen LogP contribution in [0.5, 0.6) is 5.75 Å². The second-order valence-electron chi connectivity index (χ2n) is 9.24. The van der Waals surface area contributed by atoms with Gasteiger partial charge >= 0.3 is 0 Å². The average molecular weight is 443 g/mol. The molecule has 4 rings (SSSR count). The summed E-state index contributed by atoms with van der Waals surface area (Å²) in [5.41, 5.74) is 5.60. The molecule has 0 radical (unpaired) electrons. The van der Waals surface area contributed by atoms with Crippen LogP contribution >= 0.6 is 0 Å². The Morgan fingerprint density at radius 2 is 1.69 bits per heavy atom. The maximum Gasteiger partial charge on any atom is 0.251 e. The molecule has 3 fully saturated rings. The van der Waals surface area contributed by atoms with Crippen LogP contribution < -0.4 is 15.8 Å². The van der Waals surface area contributed by atoms with Crippen molar-refractivity contribution in [2.75, 3.05) is 0 Å². The van der Waals surface area contributed by atoms with E-state index in [-0.39, 0.29) is 17.7 Å². The quantitative estimate of drug-likeness (QED) is 0.548. The van der Waals surface area contributed by atoms with E-state index in [9.17, 15) is 9.59 Å². The van der Waals surface area contributed by atoms with E-state index in [2.05, 4.69) is 18.8 Å². The van der Waals surface area contributed by atoms with Crippen LogP contribution in [0.1, 0.15) is 94.8 Å². The molecule has 0 bridgehead atoms. The van der Waals surface area contributed by atoms with Crippen LogP contribution in [0.4, 0.5) is 0 Å². The van der Waals surface area contributed by atoms with Crippen molar-refractivity contribution in [2.45, 2.75) is 96.6 Å². The largest absolute Gasteiger partial charge is 0.490 e. The van der Waals surface area contributed by atoms with Crippen molar-refractivity contribution >= 4 is 11.8 Å². The first-order chi connectivity index (χ1) is 15.5. The van der Waals surface area contributed by atoms with Gasteiger partial charge in [-0.1, -0.05) is 25.8 Å². The minimum Gasteiger partial charge on any atom is -0.490 e. The molecule has 0 aliphatic heterocycles. The SMILES string of the molecule is C=CC.CCC1CCC(NC(=O)c2ccc(OC3CCCCC3)cc2)C1.NC(=O)C1CC1. The second-order valence-corrected chi connectivity index (χ2v) is 9.24. The molecule has 3 aliphatic carbocycles. The lowest BCUT2D eigenvalue weighted by Gasteiger charge is -2.23. The van der Waals surface area contributed by atoms with Gasteiger partial charge < -0.3 is 15.8 Å². The van der Waals surface area contributed by atoms with Crippen molar-refractivity contribution in [1.82, 2.24) is 5.32 Å². The molecule has 0 saturated heterocycles. The number of amides is 2. The summed E-state index contributed by atoms with van der Waals surface area (Å²) >= 11 is 0. The van der Waals surface area contributed by atoms with Gasteiger partial charge in [-0.25, -0.2) is 0 Å². The van der Waals surface area contributed by atoms with Gasteiger partial charge in [0.15, 0.2) is 0 Å². The lowest BCUT2D eigenvalue weighted by atomic mass is 9.98. The van der Waals surface area contributed by atoms with E-state index in [1.165, 1.54) is 32.1 Å². The lowest BCUT2D eigenvalue weighted by molar-refractivity contribution is -0.119. The zero-order chi connectivity index (χ0) is 23.3. The van der Waals surface area contributed by atoms with E-state index in [0.717, 1.165) is 55.8 Å². The highest BCUT2D eigenvalue weighted by atomic mass is 16.5. The Balaban J connectivity index is 0.000000339. The standard InChI is InChI=1S/C20H29NO2.C4H7NO.C3H6/c1-2-15-8-11-17(14-15)21-20(22)16-9-12-19(13-10-16)23-18-6-4-3-5-7-18;5-4(6)3-1-2-3;1-3-2/h9-10,12-13,15,17-18H,2-8,11,14H2,1H3,(H,21,22);3H,1-2H2,(H2,5,6);3H,1H2,2H3. The van der Waals surface area contributed by atoms with Gasteiger partial charge in [0.25, 0.3) is 5.91 Å². The highest BCUT2D eigenvalue weighted by Gasteiger charge is 2.26. The number of benzene rings is 1. The number of primary amides is 1. The first kappa shape index (κ1) is 26.0. The van der Waals surface area contributed by atoms with Gasteiger partial charge in [0, 0.05) is 17.5 Å². The molecule has 1 aromatic rings. The molecule has 3 aliphatic rings. The average Bonchev–Trinajstić information content (AvgIpc) is 3.56. The number of carbonyl (C=O) groups is 2. The number of rotatable bonds is 6. The van der Waals surface area contributed by atoms with Gasteiger partial charge in [-0.3, -0.25) is 9.59 Å². The predicted molar refractivity (Wildman–Crippen MR) is 131 cm³/mol. The first-order valence-electron chi connectivity index (χ1n) is 12.4. The molecule has 3 saturated carbocycles. The van der Waals surface area contributed by atoms with Crippen molar-refractivity contribution in [3.63, 3.8) is 0 Å². The summed E-state index contributed by atoms with van der Waals surface area (Å²) in [6, 6.07) is 8.00. The van der Waals surface area contributed by atoms with E-state index >= 15 is 0 Å². The predicted octanol–water partition coefficient (Wildman–Crippen LogP) is 5.78. The fraction of sp³-hybridized carbons (Fsp3) is 0.630. The lowest BCUT2D eigenvalue weighted by Crippen LogP contribution is -2.32. The summed E-state index contributed by atoms with van der Waals surface area (Å²) in [6.45, 7) is 7.49. The third-order valence-corrected chi connectivity index (χ3v) is 6.40. The van der Waals surface area contributed by atoms with Gasteiger partial charge in [-0.15, -0.1) is 6.58 Å². The minimum atomic E-state index is -0.130. The zero-order valence-corrected chi connectivity index (χ0v) is 20.0. The third kappa shape index (κ3) is 9.46. The van der Waals surface area contributed by atoms with Crippen LogP contribution in [0, 0.1) is 11.8 Å². The van der Waals surface area contributed by atoms with Crippen molar-refractivity contribution < 1.29 is 14.3 Å². The molecule has 32 heavy (non-hydrogen) atoms. The minimum absolute atomic E-state index is 0.0518. The Morgan fingerprint density at radius 1 is 1.06 bits per heavy atom. The normalized spacial score (nSPS) is 22.4. The molecular formula is C27H42N2O3. The second kappa shape index (κ2) is 14.0. The number of nitrogens with two attached hydrogens (primary N) is 1. The molecule has 0 heterocycles. The van der Waals surface area contributed by atoms with Crippen molar-refractivity contribution in [1.29, 1.82) is 0 Å². The molecule has 178 valence electrons. The van der Waals surface area contributed by atoms with Crippen molar-refractivity contribution in [2.24, 2.45) is 17.6 Å². The van der Waals surface area contributed by atoms with Crippen molar-refractivity contribution in [3.05, 3.63) is 42.5 Å². The van der Waals surface area contributed by atoms with E-state index in [4.69, 9.17) is 10.5 Å². The molecule has 1 aromatic carbocycles. The van der Waals surface area contributed by atoms with Crippen LogP contribution in [-0.4, -0.2) is 24.0 Å². The van der Waals surface area contributed by atoms with Gasteiger partial charge in [0.05, 0.1) is 6.10 Å². The molecule has 0 aromatic heterocycles. The van der Waals surface area contributed by atoms with Crippen LogP contribution in [-0.2, 0) is 4.79 Å². The fourth-order valence-electron chi connectivity index (χ4n) is 4.27. The van der Waals surface area contributed by atoms with Crippen LogP contribution in [0.2, 0.25) is 0 Å². The summed E-state index contributed by atoms with van der Waals surface area (Å²) in [5, 5.41) is 3.18. The van der Waals surface area contributed by atoms with Crippen molar-refractivity contribution in [3.8, 4) is 5.75 Å². The Hall–Kier alpha value is -2.30. The molecule has 3 N–H and O–H groups in total. The number of hydrogen-bond acceptors (Lipinski definition) is 3. The number of carbonyl (C=O) groups excluding carboxylic acids is 2. The highest BCUT2D eigenvalue weighted by Crippen LogP contribution is 2.28. The third-order valence-electron chi connectivity index (χ3n) is 6.40. The summed E-state index contributed by atoms with van der Waals surface area (Å²) in [5.74, 6) is 1.84. The zero-order valence-electron chi connectivity index (χ0n) is 20.0. The molecular weight excluding hydrogens is 400 g/mol. The van der Waals surface area contributed by atoms with Gasteiger partial charge in [0.1, 0.15) is 5.75 Å². The van der Waals surface area contributed by atoms with Crippen LogP contribution in [0.3, 0.4) is 0 Å². The monoisotopic (exact) mass is 442 g/mol. The fourth-order valence-corrected chi connectivity index (χ4v) is 4.27. The van der Waals surface area contributed by atoms with E-state index in [1.807, 2.05) is 31.2 Å². The Kier molecular flexibility index (Phi) is 11.3.